The summed E-state index contributed by atoms with van der Waals surface area (Å²) in [7, 11) is 0. The fraction of sp³-hybridized carbons (Fsp3) is 0.733. The molecule has 0 aromatic carbocycles. The molecular formula is C15H24N2O4. The van der Waals surface area contributed by atoms with E-state index in [4.69, 9.17) is 4.74 Å². The van der Waals surface area contributed by atoms with Crippen LogP contribution in [0.15, 0.2) is 12.2 Å². The van der Waals surface area contributed by atoms with Gasteiger partial charge in [-0.05, 0) is 18.8 Å². The van der Waals surface area contributed by atoms with Crippen molar-refractivity contribution >= 4 is 11.8 Å². The maximum atomic E-state index is 11.8. The molecular weight excluding hydrogens is 272 g/mol. The molecule has 0 saturated heterocycles. The van der Waals surface area contributed by atoms with Crippen LogP contribution in [0, 0.1) is 5.92 Å². The van der Waals surface area contributed by atoms with E-state index in [1.807, 2.05) is 0 Å². The maximum Gasteiger partial charge on any atom is 0.222 e. The molecule has 2 aliphatic rings. The summed E-state index contributed by atoms with van der Waals surface area (Å²) in [4.78, 5) is 23.2. The summed E-state index contributed by atoms with van der Waals surface area (Å²) < 4.78 is 5.67. The van der Waals surface area contributed by atoms with Crippen molar-refractivity contribution in [3.63, 3.8) is 0 Å². The first-order valence-corrected chi connectivity index (χ1v) is 7.63. The van der Waals surface area contributed by atoms with E-state index in [2.05, 4.69) is 10.6 Å². The van der Waals surface area contributed by atoms with Crippen LogP contribution in [0.1, 0.15) is 32.6 Å². The number of carbonyl (C=O) groups is 2. The SMILES string of the molecule is CCC(=O)N[C@@H]1C=C[C@@H](CC(=O)NCC2CC2)O[C@H]1CO. The molecule has 118 valence electrons. The second-order valence-electron chi connectivity index (χ2n) is 5.68. The average Bonchev–Trinajstić information content (AvgIpc) is 3.30. The van der Waals surface area contributed by atoms with Crippen molar-refractivity contribution < 1.29 is 19.4 Å². The maximum absolute atomic E-state index is 11.8. The first-order valence-electron chi connectivity index (χ1n) is 7.63. The number of amides is 2. The minimum atomic E-state index is -0.508. The summed E-state index contributed by atoms with van der Waals surface area (Å²) in [5.41, 5.74) is 0. The number of hydrogen-bond acceptors (Lipinski definition) is 4. The van der Waals surface area contributed by atoms with Gasteiger partial charge in [-0.1, -0.05) is 19.1 Å². The quantitative estimate of drug-likeness (QED) is 0.582. The Balaban J connectivity index is 1.80. The van der Waals surface area contributed by atoms with Crippen LogP contribution in [0.2, 0.25) is 0 Å². The van der Waals surface area contributed by atoms with Crippen molar-refractivity contribution in [1.29, 1.82) is 0 Å². The van der Waals surface area contributed by atoms with Gasteiger partial charge in [0.2, 0.25) is 11.8 Å². The van der Waals surface area contributed by atoms with Crippen molar-refractivity contribution in [1.82, 2.24) is 10.6 Å². The van der Waals surface area contributed by atoms with E-state index in [0.717, 1.165) is 6.54 Å². The second-order valence-corrected chi connectivity index (χ2v) is 5.68. The van der Waals surface area contributed by atoms with Gasteiger partial charge in [0, 0.05) is 13.0 Å². The van der Waals surface area contributed by atoms with Crippen LogP contribution < -0.4 is 10.6 Å². The third-order valence-corrected chi connectivity index (χ3v) is 3.78. The van der Waals surface area contributed by atoms with Gasteiger partial charge in [-0.3, -0.25) is 9.59 Å². The van der Waals surface area contributed by atoms with Crippen LogP contribution >= 0.6 is 0 Å². The Morgan fingerprint density at radius 2 is 2.05 bits per heavy atom. The molecule has 1 heterocycles. The van der Waals surface area contributed by atoms with Crippen molar-refractivity contribution in [3.8, 4) is 0 Å². The van der Waals surface area contributed by atoms with Gasteiger partial charge in [0.25, 0.3) is 0 Å². The van der Waals surface area contributed by atoms with E-state index in [0.29, 0.717) is 12.3 Å². The zero-order valence-electron chi connectivity index (χ0n) is 12.4. The Bertz CT molecular complexity index is 406. The van der Waals surface area contributed by atoms with Gasteiger partial charge in [0.15, 0.2) is 0 Å². The van der Waals surface area contributed by atoms with Crippen LogP contribution in [-0.2, 0) is 14.3 Å². The molecule has 1 saturated carbocycles. The second kappa shape index (κ2) is 7.56. The highest BCUT2D eigenvalue weighted by molar-refractivity contribution is 5.77. The molecule has 1 aliphatic heterocycles. The van der Waals surface area contributed by atoms with Gasteiger partial charge in [-0.25, -0.2) is 0 Å². The molecule has 0 aromatic heterocycles. The molecule has 2 amide bonds. The minimum Gasteiger partial charge on any atom is -0.394 e. The standard InChI is InChI=1S/C15H24N2O4/c1-2-14(19)17-12-6-5-11(21-13(12)9-18)7-15(20)16-8-10-3-4-10/h5-6,10-13,18H,2-4,7-9H2,1H3,(H,16,20)(H,17,19)/t11-,12+,13-/m0/s1. The Hall–Kier alpha value is -1.40. The lowest BCUT2D eigenvalue weighted by atomic mass is 10.0. The molecule has 1 aliphatic carbocycles. The summed E-state index contributed by atoms with van der Waals surface area (Å²) in [5, 5.41) is 15.0. The summed E-state index contributed by atoms with van der Waals surface area (Å²) in [6.07, 6.45) is 5.75. The van der Waals surface area contributed by atoms with Gasteiger partial charge in [0.05, 0.1) is 25.2 Å². The summed E-state index contributed by atoms with van der Waals surface area (Å²) in [6, 6.07) is -0.340. The monoisotopic (exact) mass is 296 g/mol. The summed E-state index contributed by atoms with van der Waals surface area (Å²) >= 11 is 0. The topological polar surface area (TPSA) is 87.7 Å². The van der Waals surface area contributed by atoms with Crippen molar-refractivity contribution in [3.05, 3.63) is 12.2 Å². The molecule has 3 N–H and O–H groups in total. The lowest BCUT2D eigenvalue weighted by Gasteiger charge is -2.31. The van der Waals surface area contributed by atoms with Crippen LogP contribution in [0.5, 0.6) is 0 Å². The Kier molecular flexibility index (Phi) is 5.76. The summed E-state index contributed by atoms with van der Waals surface area (Å²) in [6.45, 7) is 2.32. The van der Waals surface area contributed by atoms with Crippen LogP contribution in [-0.4, -0.2) is 48.3 Å². The first-order chi connectivity index (χ1) is 10.1. The zero-order chi connectivity index (χ0) is 15.2. The number of rotatable bonds is 7. The molecule has 0 aromatic rings. The lowest BCUT2D eigenvalue weighted by molar-refractivity contribution is -0.128. The fourth-order valence-electron chi connectivity index (χ4n) is 2.26. The van der Waals surface area contributed by atoms with Gasteiger partial charge in [0.1, 0.15) is 6.10 Å². The van der Waals surface area contributed by atoms with E-state index < -0.39 is 6.10 Å². The van der Waals surface area contributed by atoms with E-state index in [1.165, 1.54) is 12.8 Å². The third-order valence-electron chi connectivity index (χ3n) is 3.78. The zero-order valence-corrected chi connectivity index (χ0v) is 12.4. The Morgan fingerprint density at radius 1 is 1.29 bits per heavy atom. The van der Waals surface area contributed by atoms with E-state index >= 15 is 0 Å². The highest BCUT2D eigenvalue weighted by Gasteiger charge is 2.29. The number of nitrogens with one attached hydrogen (secondary N) is 2. The van der Waals surface area contributed by atoms with E-state index in [-0.39, 0.29) is 37.0 Å². The van der Waals surface area contributed by atoms with E-state index in [1.54, 1.807) is 19.1 Å². The number of hydrogen-bond donors (Lipinski definition) is 3. The van der Waals surface area contributed by atoms with Gasteiger partial charge >= 0.3 is 0 Å². The number of aliphatic hydroxyl groups excluding tert-OH is 1. The van der Waals surface area contributed by atoms with Gasteiger partial charge < -0.3 is 20.5 Å². The molecule has 0 spiro atoms. The lowest BCUT2D eigenvalue weighted by Crippen LogP contribution is -2.49. The predicted octanol–water partition coefficient (Wildman–Crippen LogP) is 0.113. The third kappa shape index (κ3) is 5.13. The minimum absolute atomic E-state index is 0.0377. The van der Waals surface area contributed by atoms with Gasteiger partial charge in [-0.15, -0.1) is 0 Å². The highest BCUT2D eigenvalue weighted by atomic mass is 16.5. The molecule has 2 rings (SSSR count). The average molecular weight is 296 g/mol. The van der Waals surface area contributed by atoms with E-state index in [9.17, 15) is 14.7 Å². The number of ether oxygens (including phenoxy) is 1. The Morgan fingerprint density at radius 3 is 2.67 bits per heavy atom. The van der Waals surface area contributed by atoms with Crippen LogP contribution in [0.25, 0.3) is 0 Å². The molecule has 6 nitrogen and oxygen atoms in total. The molecule has 3 atom stereocenters. The molecule has 0 unspecified atom stereocenters. The van der Waals surface area contributed by atoms with Crippen LogP contribution in [0.3, 0.4) is 0 Å². The molecule has 0 radical (unpaired) electrons. The first kappa shape index (κ1) is 16.0. The fourth-order valence-corrected chi connectivity index (χ4v) is 2.26. The van der Waals surface area contributed by atoms with Crippen molar-refractivity contribution in [2.24, 2.45) is 5.92 Å². The number of aliphatic hydroxyl groups is 1. The van der Waals surface area contributed by atoms with Gasteiger partial charge in [-0.2, -0.15) is 0 Å². The normalized spacial score (nSPS) is 28.2. The predicted molar refractivity (Wildman–Crippen MR) is 77.5 cm³/mol. The van der Waals surface area contributed by atoms with Crippen LogP contribution in [0.4, 0.5) is 0 Å². The van der Waals surface area contributed by atoms with Crippen molar-refractivity contribution in [2.75, 3.05) is 13.2 Å². The summed E-state index contributed by atoms with van der Waals surface area (Å²) in [5.74, 6) is 0.521. The highest BCUT2D eigenvalue weighted by Crippen LogP contribution is 2.27. The molecule has 1 fully saturated rings. The smallest absolute Gasteiger partial charge is 0.222 e. The number of carbonyl (C=O) groups excluding carboxylic acids is 2. The molecule has 0 bridgehead atoms. The van der Waals surface area contributed by atoms with Crippen molar-refractivity contribution in [2.45, 2.75) is 50.9 Å². The Labute approximate surface area is 124 Å². The molecule has 6 heteroatoms. The largest absolute Gasteiger partial charge is 0.394 e. The molecule has 21 heavy (non-hydrogen) atoms.